The summed E-state index contributed by atoms with van der Waals surface area (Å²) in [6, 6.07) is 5.07. The SMILES string of the molecule is CC(CNC(=O)c1cc(C(N)=O)cs1)c1ccc(F)c(F)c1. The zero-order valence-electron chi connectivity index (χ0n) is 11.7. The van der Waals surface area contributed by atoms with Gasteiger partial charge < -0.3 is 11.1 Å². The number of nitrogens with two attached hydrogens (primary N) is 1. The van der Waals surface area contributed by atoms with Gasteiger partial charge in [-0.05, 0) is 29.7 Å². The number of hydrogen-bond acceptors (Lipinski definition) is 3. The molecule has 2 amide bonds. The highest BCUT2D eigenvalue weighted by molar-refractivity contribution is 7.12. The second-order valence-corrected chi connectivity index (χ2v) is 5.76. The summed E-state index contributed by atoms with van der Waals surface area (Å²) in [6.45, 7) is 2.05. The van der Waals surface area contributed by atoms with Crippen molar-refractivity contribution in [2.45, 2.75) is 12.8 Å². The molecule has 0 saturated heterocycles. The molecule has 2 aromatic rings. The van der Waals surface area contributed by atoms with Gasteiger partial charge in [-0.3, -0.25) is 9.59 Å². The first-order chi connectivity index (χ1) is 10.4. The predicted octanol–water partition coefficient (Wildman–Crippen LogP) is 2.66. The van der Waals surface area contributed by atoms with Crippen molar-refractivity contribution in [3.63, 3.8) is 0 Å². The Bertz CT molecular complexity index is 715. The number of nitrogens with one attached hydrogen (secondary N) is 1. The Kier molecular flexibility index (Phi) is 4.87. The number of halogens is 2. The van der Waals surface area contributed by atoms with Crippen molar-refractivity contribution in [1.82, 2.24) is 5.32 Å². The molecule has 1 heterocycles. The largest absolute Gasteiger partial charge is 0.366 e. The maximum absolute atomic E-state index is 13.2. The predicted molar refractivity (Wildman–Crippen MR) is 79.9 cm³/mol. The highest BCUT2D eigenvalue weighted by atomic mass is 32.1. The van der Waals surface area contributed by atoms with E-state index in [0.717, 1.165) is 23.5 Å². The van der Waals surface area contributed by atoms with Crippen LogP contribution in [-0.4, -0.2) is 18.4 Å². The molecule has 2 rings (SSSR count). The summed E-state index contributed by atoms with van der Waals surface area (Å²) >= 11 is 1.12. The van der Waals surface area contributed by atoms with Gasteiger partial charge in [0.05, 0.1) is 10.4 Å². The molecule has 0 aliphatic carbocycles. The first kappa shape index (κ1) is 16.1. The zero-order chi connectivity index (χ0) is 16.3. The first-order valence-electron chi connectivity index (χ1n) is 6.50. The van der Waals surface area contributed by atoms with Crippen molar-refractivity contribution in [2.24, 2.45) is 5.73 Å². The topological polar surface area (TPSA) is 72.2 Å². The van der Waals surface area contributed by atoms with E-state index in [4.69, 9.17) is 5.73 Å². The second-order valence-electron chi connectivity index (χ2n) is 4.85. The summed E-state index contributed by atoms with van der Waals surface area (Å²) in [6.07, 6.45) is 0. The number of carbonyl (C=O) groups is 2. The minimum absolute atomic E-state index is 0.186. The molecule has 22 heavy (non-hydrogen) atoms. The van der Waals surface area contributed by atoms with Crippen LogP contribution in [0.5, 0.6) is 0 Å². The van der Waals surface area contributed by atoms with Crippen LogP contribution >= 0.6 is 11.3 Å². The van der Waals surface area contributed by atoms with Crippen LogP contribution in [0.4, 0.5) is 8.78 Å². The number of rotatable bonds is 5. The Morgan fingerprint density at radius 3 is 2.59 bits per heavy atom. The van der Waals surface area contributed by atoms with Crippen molar-refractivity contribution >= 4 is 23.2 Å². The normalized spacial score (nSPS) is 12.0. The average Bonchev–Trinajstić information content (AvgIpc) is 2.97. The monoisotopic (exact) mass is 324 g/mol. The Labute approximate surface area is 129 Å². The Hall–Kier alpha value is -2.28. The molecule has 1 atom stereocenters. The molecular formula is C15H14F2N2O2S. The number of hydrogen-bond donors (Lipinski definition) is 2. The van der Waals surface area contributed by atoms with Gasteiger partial charge in [0.1, 0.15) is 0 Å². The van der Waals surface area contributed by atoms with Gasteiger partial charge in [0, 0.05) is 11.9 Å². The number of amides is 2. The minimum Gasteiger partial charge on any atom is -0.366 e. The molecule has 4 nitrogen and oxygen atoms in total. The molecule has 116 valence electrons. The van der Waals surface area contributed by atoms with E-state index in [1.165, 1.54) is 17.5 Å². The summed E-state index contributed by atoms with van der Waals surface area (Å²) in [7, 11) is 0. The Balaban J connectivity index is 1.97. The van der Waals surface area contributed by atoms with Crippen molar-refractivity contribution < 1.29 is 18.4 Å². The van der Waals surface area contributed by atoms with Crippen LogP contribution in [0.1, 0.15) is 38.4 Å². The molecule has 1 unspecified atom stereocenters. The van der Waals surface area contributed by atoms with Gasteiger partial charge in [0.25, 0.3) is 5.91 Å². The third-order valence-corrected chi connectivity index (χ3v) is 4.12. The van der Waals surface area contributed by atoms with E-state index in [9.17, 15) is 18.4 Å². The van der Waals surface area contributed by atoms with Crippen LogP contribution in [-0.2, 0) is 0 Å². The van der Waals surface area contributed by atoms with E-state index < -0.39 is 17.5 Å². The van der Waals surface area contributed by atoms with E-state index in [-0.39, 0.29) is 23.9 Å². The molecule has 0 saturated carbocycles. The summed E-state index contributed by atoms with van der Waals surface area (Å²) in [5.41, 5.74) is 5.99. The van der Waals surface area contributed by atoms with Gasteiger partial charge in [-0.25, -0.2) is 8.78 Å². The summed E-state index contributed by atoms with van der Waals surface area (Å²) < 4.78 is 26.1. The van der Waals surface area contributed by atoms with Gasteiger partial charge in [0.15, 0.2) is 11.6 Å². The van der Waals surface area contributed by atoms with Crippen LogP contribution in [0.15, 0.2) is 29.6 Å². The molecule has 1 aromatic heterocycles. The summed E-state index contributed by atoms with van der Waals surface area (Å²) in [5.74, 6) is -2.94. The number of primary amides is 1. The highest BCUT2D eigenvalue weighted by Crippen LogP contribution is 2.18. The fourth-order valence-electron chi connectivity index (χ4n) is 1.85. The van der Waals surface area contributed by atoms with Crippen molar-refractivity contribution in [1.29, 1.82) is 0 Å². The van der Waals surface area contributed by atoms with E-state index in [0.29, 0.717) is 10.4 Å². The molecule has 0 spiro atoms. The highest BCUT2D eigenvalue weighted by Gasteiger charge is 2.14. The lowest BCUT2D eigenvalue weighted by Gasteiger charge is -2.13. The molecular weight excluding hydrogens is 310 g/mol. The van der Waals surface area contributed by atoms with Crippen LogP contribution in [0.3, 0.4) is 0 Å². The Morgan fingerprint density at radius 1 is 1.27 bits per heavy atom. The molecule has 0 fully saturated rings. The average molecular weight is 324 g/mol. The van der Waals surface area contributed by atoms with E-state index in [2.05, 4.69) is 5.32 Å². The smallest absolute Gasteiger partial charge is 0.261 e. The molecule has 1 aromatic carbocycles. The van der Waals surface area contributed by atoms with Gasteiger partial charge in [0.2, 0.25) is 5.91 Å². The minimum atomic E-state index is -0.917. The third-order valence-electron chi connectivity index (χ3n) is 3.19. The quantitative estimate of drug-likeness (QED) is 0.887. The van der Waals surface area contributed by atoms with E-state index in [1.54, 1.807) is 6.92 Å². The third kappa shape index (κ3) is 3.67. The number of carbonyl (C=O) groups excluding carboxylic acids is 2. The molecule has 3 N–H and O–H groups in total. The van der Waals surface area contributed by atoms with Gasteiger partial charge in [-0.1, -0.05) is 13.0 Å². The molecule has 0 aliphatic rings. The fraction of sp³-hybridized carbons (Fsp3) is 0.200. The van der Waals surface area contributed by atoms with Crippen molar-refractivity contribution in [3.05, 3.63) is 57.3 Å². The summed E-state index contributed by atoms with van der Waals surface area (Å²) in [5, 5.41) is 4.20. The van der Waals surface area contributed by atoms with Crippen LogP contribution in [0, 0.1) is 11.6 Å². The number of thiophene rings is 1. The van der Waals surface area contributed by atoms with Crippen molar-refractivity contribution in [3.8, 4) is 0 Å². The molecule has 7 heteroatoms. The van der Waals surface area contributed by atoms with Gasteiger partial charge in [-0.15, -0.1) is 11.3 Å². The van der Waals surface area contributed by atoms with Gasteiger partial charge >= 0.3 is 0 Å². The standard InChI is InChI=1S/C15H14F2N2O2S/c1-8(9-2-3-11(16)12(17)4-9)6-19-15(21)13-5-10(7-22-13)14(18)20/h2-5,7-8H,6H2,1H3,(H2,18,20)(H,19,21). The first-order valence-corrected chi connectivity index (χ1v) is 7.38. The molecule has 0 radical (unpaired) electrons. The van der Waals surface area contributed by atoms with Crippen molar-refractivity contribution in [2.75, 3.05) is 6.54 Å². The zero-order valence-corrected chi connectivity index (χ0v) is 12.5. The number of benzene rings is 1. The van der Waals surface area contributed by atoms with E-state index >= 15 is 0 Å². The van der Waals surface area contributed by atoms with Crippen LogP contribution < -0.4 is 11.1 Å². The fourth-order valence-corrected chi connectivity index (χ4v) is 2.67. The van der Waals surface area contributed by atoms with Crippen LogP contribution in [0.25, 0.3) is 0 Å². The second kappa shape index (κ2) is 6.65. The maximum Gasteiger partial charge on any atom is 0.261 e. The van der Waals surface area contributed by atoms with E-state index in [1.807, 2.05) is 0 Å². The maximum atomic E-state index is 13.2. The lowest BCUT2D eigenvalue weighted by Crippen LogP contribution is -2.27. The molecule has 0 aliphatic heterocycles. The lowest BCUT2D eigenvalue weighted by atomic mass is 10.0. The Morgan fingerprint density at radius 2 is 2.00 bits per heavy atom. The molecule has 0 bridgehead atoms. The van der Waals surface area contributed by atoms with Crippen LogP contribution in [0.2, 0.25) is 0 Å². The lowest BCUT2D eigenvalue weighted by molar-refractivity contribution is 0.0955. The summed E-state index contributed by atoms with van der Waals surface area (Å²) in [4.78, 5) is 23.3. The van der Waals surface area contributed by atoms with Gasteiger partial charge in [-0.2, -0.15) is 0 Å².